The molecule has 4 rings (SSSR count). The SMILES string of the molecule is O=C(Nc1ccc(Cl)cc1)OC(=C(OC(=O)Nc1ccc(Cl)cc1)c1ccc(Cl)cc1)c1ccc(Cl)cc1. The van der Waals surface area contributed by atoms with Crippen LogP contribution in [0.2, 0.25) is 20.1 Å². The van der Waals surface area contributed by atoms with E-state index in [1.807, 2.05) is 0 Å². The molecule has 0 aliphatic carbocycles. The first-order valence-electron chi connectivity index (χ1n) is 11.0. The Labute approximate surface area is 238 Å². The fraction of sp³-hybridized carbons (Fsp3) is 0. The number of carbonyl (C=O) groups excluding carboxylic acids is 2. The van der Waals surface area contributed by atoms with E-state index < -0.39 is 12.2 Å². The van der Waals surface area contributed by atoms with Gasteiger partial charge >= 0.3 is 12.2 Å². The molecule has 2 amide bonds. The van der Waals surface area contributed by atoms with Gasteiger partial charge in [-0.15, -0.1) is 0 Å². The third-order valence-electron chi connectivity index (χ3n) is 4.99. The Kier molecular flexibility index (Phi) is 9.15. The molecule has 4 aromatic carbocycles. The van der Waals surface area contributed by atoms with E-state index in [9.17, 15) is 9.59 Å². The van der Waals surface area contributed by atoms with Gasteiger partial charge in [0.25, 0.3) is 0 Å². The molecule has 0 spiro atoms. The molecule has 0 bridgehead atoms. The minimum atomic E-state index is -0.828. The van der Waals surface area contributed by atoms with Gasteiger partial charge in [0.05, 0.1) is 0 Å². The van der Waals surface area contributed by atoms with Crippen LogP contribution in [0.3, 0.4) is 0 Å². The van der Waals surface area contributed by atoms with Crippen LogP contribution >= 0.6 is 46.4 Å². The van der Waals surface area contributed by atoms with Gasteiger partial charge in [-0.2, -0.15) is 0 Å². The lowest BCUT2D eigenvalue weighted by Crippen LogP contribution is -2.17. The van der Waals surface area contributed by atoms with Gasteiger partial charge in [0, 0.05) is 42.6 Å². The zero-order valence-electron chi connectivity index (χ0n) is 19.4. The quantitative estimate of drug-likeness (QED) is 0.174. The first-order chi connectivity index (χ1) is 18.3. The van der Waals surface area contributed by atoms with E-state index >= 15 is 0 Å². The third kappa shape index (κ3) is 7.66. The number of hydrogen-bond donors (Lipinski definition) is 2. The molecule has 4 aromatic rings. The first kappa shape index (κ1) is 27.4. The zero-order valence-corrected chi connectivity index (χ0v) is 22.4. The monoisotopic (exact) mass is 586 g/mol. The van der Waals surface area contributed by atoms with Crippen molar-refractivity contribution in [1.82, 2.24) is 0 Å². The lowest BCUT2D eigenvalue weighted by atomic mass is 10.1. The van der Waals surface area contributed by atoms with Crippen molar-refractivity contribution in [3.8, 4) is 0 Å². The second-order valence-corrected chi connectivity index (χ2v) is 9.46. The Morgan fingerprint density at radius 3 is 1.00 bits per heavy atom. The van der Waals surface area contributed by atoms with Crippen LogP contribution in [0.5, 0.6) is 0 Å². The highest BCUT2D eigenvalue weighted by Crippen LogP contribution is 2.31. The molecule has 10 heteroatoms. The Balaban J connectivity index is 1.73. The number of anilines is 2. The maximum atomic E-state index is 12.9. The molecule has 0 heterocycles. The molecule has 6 nitrogen and oxygen atoms in total. The molecule has 0 aromatic heterocycles. The number of amides is 2. The predicted octanol–water partition coefficient (Wildman–Crippen LogP) is 9.62. The second kappa shape index (κ2) is 12.7. The standard InChI is InChI=1S/C28H18Cl4N2O4/c29-19-5-1-17(2-6-19)25(37-27(35)33-23-13-9-21(31)10-14-23)26(18-3-7-20(30)8-4-18)38-28(36)34-24-15-11-22(32)12-16-24/h1-16H,(H,33,35)(H,34,36). The van der Waals surface area contributed by atoms with E-state index in [4.69, 9.17) is 55.9 Å². The maximum Gasteiger partial charge on any atom is 0.417 e. The molecule has 192 valence electrons. The number of benzene rings is 4. The van der Waals surface area contributed by atoms with Crippen molar-refractivity contribution in [2.24, 2.45) is 0 Å². The number of nitrogens with one attached hydrogen (secondary N) is 2. The fourth-order valence-electron chi connectivity index (χ4n) is 3.21. The van der Waals surface area contributed by atoms with Crippen molar-refractivity contribution in [2.75, 3.05) is 10.6 Å². The summed E-state index contributed by atoms with van der Waals surface area (Å²) in [7, 11) is 0. The summed E-state index contributed by atoms with van der Waals surface area (Å²) in [6, 6.07) is 25.9. The van der Waals surface area contributed by atoms with Gasteiger partial charge in [-0.05, 0) is 97.1 Å². The van der Waals surface area contributed by atoms with Crippen LogP contribution < -0.4 is 10.6 Å². The minimum Gasteiger partial charge on any atom is -0.405 e. The van der Waals surface area contributed by atoms with Crippen LogP contribution in [0.4, 0.5) is 21.0 Å². The first-order valence-corrected chi connectivity index (χ1v) is 12.5. The summed E-state index contributed by atoms with van der Waals surface area (Å²) in [5.41, 5.74) is 1.74. The van der Waals surface area contributed by atoms with Crippen LogP contribution in [0.25, 0.3) is 11.5 Å². The van der Waals surface area contributed by atoms with E-state index in [1.165, 1.54) is 0 Å². The van der Waals surface area contributed by atoms with Crippen molar-refractivity contribution >= 4 is 81.5 Å². The van der Waals surface area contributed by atoms with Gasteiger partial charge in [-0.3, -0.25) is 10.6 Å². The molecular weight excluding hydrogens is 570 g/mol. The van der Waals surface area contributed by atoms with Gasteiger partial charge in [-0.1, -0.05) is 46.4 Å². The summed E-state index contributed by atoms with van der Waals surface area (Å²) in [4.78, 5) is 25.9. The average Bonchev–Trinajstić information content (AvgIpc) is 2.90. The van der Waals surface area contributed by atoms with Gasteiger partial charge in [0.2, 0.25) is 0 Å². The lowest BCUT2D eigenvalue weighted by molar-refractivity contribution is 0.198. The van der Waals surface area contributed by atoms with Crippen molar-refractivity contribution in [3.05, 3.63) is 128 Å². The van der Waals surface area contributed by atoms with E-state index in [0.717, 1.165) is 0 Å². The van der Waals surface area contributed by atoms with Crippen LogP contribution in [0.15, 0.2) is 97.1 Å². The van der Waals surface area contributed by atoms with Crippen molar-refractivity contribution in [3.63, 3.8) is 0 Å². The van der Waals surface area contributed by atoms with Crippen molar-refractivity contribution in [1.29, 1.82) is 0 Å². The molecule has 0 saturated heterocycles. The Morgan fingerprint density at radius 1 is 0.447 bits per heavy atom. The summed E-state index contributed by atoms with van der Waals surface area (Å²) in [5, 5.41) is 7.20. The molecule has 0 radical (unpaired) electrons. The van der Waals surface area contributed by atoms with Gasteiger partial charge < -0.3 is 9.47 Å². The largest absolute Gasteiger partial charge is 0.417 e. The number of carbonyl (C=O) groups is 2. The molecule has 0 fully saturated rings. The molecule has 38 heavy (non-hydrogen) atoms. The van der Waals surface area contributed by atoms with Gasteiger partial charge in [0.1, 0.15) is 0 Å². The van der Waals surface area contributed by atoms with Gasteiger partial charge in [-0.25, -0.2) is 9.59 Å². The molecule has 0 aliphatic rings. The van der Waals surface area contributed by atoms with Crippen molar-refractivity contribution < 1.29 is 19.1 Å². The molecule has 0 aliphatic heterocycles. The normalized spacial score (nSPS) is 11.3. The molecule has 0 saturated carbocycles. The van der Waals surface area contributed by atoms with E-state index in [-0.39, 0.29) is 11.5 Å². The number of hydrogen-bond acceptors (Lipinski definition) is 4. The van der Waals surface area contributed by atoms with E-state index in [0.29, 0.717) is 42.6 Å². The fourth-order valence-corrected chi connectivity index (χ4v) is 3.72. The number of halogens is 4. The van der Waals surface area contributed by atoms with E-state index in [1.54, 1.807) is 97.1 Å². The Morgan fingerprint density at radius 2 is 0.711 bits per heavy atom. The van der Waals surface area contributed by atoms with E-state index in [2.05, 4.69) is 10.6 Å². The summed E-state index contributed by atoms with van der Waals surface area (Å²) >= 11 is 24.0. The molecule has 0 unspecified atom stereocenters. The molecular formula is C28H18Cl4N2O4. The number of ether oxygens (including phenoxy) is 2. The van der Waals surface area contributed by atoms with Crippen LogP contribution in [0.1, 0.15) is 11.1 Å². The third-order valence-corrected chi connectivity index (χ3v) is 6.00. The molecule has 2 N–H and O–H groups in total. The Hall–Kier alpha value is -3.68. The topological polar surface area (TPSA) is 76.7 Å². The minimum absolute atomic E-state index is 0.0401. The van der Waals surface area contributed by atoms with Gasteiger partial charge in [0.15, 0.2) is 11.5 Å². The maximum absolute atomic E-state index is 12.9. The van der Waals surface area contributed by atoms with Crippen LogP contribution in [0, 0.1) is 0 Å². The summed E-state index contributed by atoms with van der Waals surface area (Å²) < 4.78 is 11.4. The smallest absolute Gasteiger partial charge is 0.405 e. The number of rotatable bonds is 6. The highest BCUT2D eigenvalue weighted by atomic mass is 35.5. The Bertz CT molecular complexity index is 1340. The highest BCUT2D eigenvalue weighted by molar-refractivity contribution is 6.31. The second-order valence-electron chi connectivity index (χ2n) is 7.71. The molecule has 0 atom stereocenters. The zero-order chi connectivity index (χ0) is 27.1. The predicted molar refractivity (Wildman–Crippen MR) is 153 cm³/mol. The summed E-state index contributed by atoms with van der Waals surface area (Å²) in [6.07, 6.45) is -1.66. The van der Waals surface area contributed by atoms with Crippen molar-refractivity contribution in [2.45, 2.75) is 0 Å². The highest BCUT2D eigenvalue weighted by Gasteiger charge is 2.22. The average molecular weight is 588 g/mol. The summed E-state index contributed by atoms with van der Waals surface area (Å²) in [5.74, 6) is -0.0802. The lowest BCUT2D eigenvalue weighted by Gasteiger charge is -2.17. The summed E-state index contributed by atoms with van der Waals surface area (Å²) in [6.45, 7) is 0. The van der Waals surface area contributed by atoms with Crippen LogP contribution in [-0.2, 0) is 9.47 Å². The van der Waals surface area contributed by atoms with Crippen LogP contribution in [-0.4, -0.2) is 12.2 Å².